The molecule has 0 spiro atoms. The summed E-state index contributed by atoms with van der Waals surface area (Å²) < 4.78 is 19.5. The maximum atomic E-state index is 14.2. The molecule has 1 aromatic carbocycles. The second kappa shape index (κ2) is 10.3. The summed E-state index contributed by atoms with van der Waals surface area (Å²) >= 11 is 0. The topological polar surface area (TPSA) is 9.23 Å². The molecule has 1 nitrogen and oxygen atoms in total. The molecule has 2 heteroatoms. The lowest BCUT2D eigenvalue weighted by atomic mass is 9.74. The largest absolute Gasteiger partial charge is 0.502 e. The summed E-state index contributed by atoms with van der Waals surface area (Å²) in [5.41, 5.74) is 1.98. The van der Waals surface area contributed by atoms with Crippen molar-refractivity contribution < 1.29 is 9.13 Å². The van der Waals surface area contributed by atoms with Gasteiger partial charge in [-0.2, -0.15) is 0 Å². The highest BCUT2D eigenvalue weighted by molar-refractivity contribution is 5.26. The Morgan fingerprint density at radius 1 is 0.926 bits per heavy atom. The molecule has 1 aromatic rings. The normalized spacial score (nSPS) is 28.7. The Hall–Kier alpha value is -1.31. The van der Waals surface area contributed by atoms with Gasteiger partial charge in [0.15, 0.2) is 0 Å². The van der Waals surface area contributed by atoms with E-state index in [-0.39, 0.29) is 5.82 Å². The third kappa shape index (κ3) is 6.09. The minimum Gasteiger partial charge on any atom is -0.502 e. The fourth-order valence-electron chi connectivity index (χ4n) is 5.32. The second-order valence-electron chi connectivity index (χ2n) is 9.03. The van der Waals surface area contributed by atoms with Crippen molar-refractivity contribution >= 4 is 0 Å². The zero-order valence-corrected chi connectivity index (χ0v) is 17.1. The van der Waals surface area contributed by atoms with Gasteiger partial charge in [-0.05, 0) is 79.9 Å². The first-order valence-corrected chi connectivity index (χ1v) is 11.1. The average molecular weight is 373 g/mol. The summed E-state index contributed by atoms with van der Waals surface area (Å²) in [6.07, 6.45) is 16.0. The highest BCUT2D eigenvalue weighted by atomic mass is 19.1. The summed E-state index contributed by atoms with van der Waals surface area (Å²) in [5.74, 6) is 3.12. The standard InChI is InChI=1S/C25H37FO/c1-3-27-17-16-22-9-7-20(8-10-22)5-6-21-11-13-23(14-12-21)24-15-4-19(2)18-25(24)26/h3-4,15,18,20-23H,1,5-14,16-17H2,2H3. The highest BCUT2D eigenvalue weighted by Gasteiger charge is 2.26. The first-order chi connectivity index (χ1) is 13.2. The van der Waals surface area contributed by atoms with Crippen molar-refractivity contribution in [2.75, 3.05) is 6.61 Å². The van der Waals surface area contributed by atoms with Crippen molar-refractivity contribution in [3.63, 3.8) is 0 Å². The van der Waals surface area contributed by atoms with Crippen LogP contribution in [0, 0.1) is 30.5 Å². The Balaban J connectivity index is 1.34. The van der Waals surface area contributed by atoms with Crippen LogP contribution in [0.1, 0.15) is 87.7 Å². The molecular weight excluding hydrogens is 335 g/mol. The number of benzene rings is 1. The van der Waals surface area contributed by atoms with Gasteiger partial charge < -0.3 is 4.74 Å². The van der Waals surface area contributed by atoms with E-state index in [4.69, 9.17) is 4.74 Å². The number of hydrogen-bond donors (Lipinski definition) is 0. The van der Waals surface area contributed by atoms with Crippen molar-refractivity contribution in [2.45, 2.75) is 83.5 Å². The fourth-order valence-corrected chi connectivity index (χ4v) is 5.32. The van der Waals surface area contributed by atoms with E-state index in [9.17, 15) is 4.39 Å². The Morgan fingerprint density at radius 2 is 1.48 bits per heavy atom. The molecule has 0 aromatic heterocycles. The van der Waals surface area contributed by atoms with Gasteiger partial charge in [-0.25, -0.2) is 4.39 Å². The number of halogens is 1. The Kier molecular flexibility index (Phi) is 7.79. The molecule has 27 heavy (non-hydrogen) atoms. The van der Waals surface area contributed by atoms with Crippen LogP contribution in [-0.2, 0) is 4.74 Å². The van der Waals surface area contributed by atoms with Crippen molar-refractivity contribution in [1.29, 1.82) is 0 Å². The first kappa shape index (κ1) is 20.4. The maximum Gasteiger partial charge on any atom is 0.126 e. The van der Waals surface area contributed by atoms with Crippen molar-refractivity contribution in [3.05, 3.63) is 48.0 Å². The van der Waals surface area contributed by atoms with Crippen LogP contribution < -0.4 is 0 Å². The van der Waals surface area contributed by atoms with E-state index in [1.165, 1.54) is 70.6 Å². The molecule has 0 N–H and O–H groups in total. The second-order valence-corrected chi connectivity index (χ2v) is 9.03. The van der Waals surface area contributed by atoms with Crippen LogP contribution in [0.3, 0.4) is 0 Å². The van der Waals surface area contributed by atoms with E-state index in [1.807, 2.05) is 13.0 Å². The molecule has 0 heterocycles. The summed E-state index contributed by atoms with van der Waals surface area (Å²) in [6, 6.07) is 5.78. The molecule has 2 aliphatic rings. The number of ether oxygens (including phenoxy) is 1. The quantitative estimate of drug-likeness (QED) is 0.338. The predicted octanol–water partition coefficient (Wildman–Crippen LogP) is 7.54. The fraction of sp³-hybridized carbons (Fsp3) is 0.680. The molecule has 3 rings (SSSR count). The minimum absolute atomic E-state index is 0.00806. The molecule has 2 aliphatic carbocycles. The van der Waals surface area contributed by atoms with Crippen molar-refractivity contribution in [3.8, 4) is 0 Å². The molecule has 0 aliphatic heterocycles. The minimum atomic E-state index is 0.00806. The van der Waals surface area contributed by atoms with Gasteiger partial charge in [0.05, 0.1) is 12.9 Å². The molecule has 0 bridgehead atoms. The van der Waals surface area contributed by atoms with E-state index in [1.54, 1.807) is 12.3 Å². The highest BCUT2D eigenvalue weighted by Crippen LogP contribution is 2.40. The van der Waals surface area contributed by atoms with Crippen LogP contribution in [0.4, 0.5) is 4.39 Å². The van der Waals surface area contributed by atoms with Crippen LogP contribution in [0.2, 0.25) is 0 Å². The van der Waals surface area contributed by atoms with Crippen molar-refractivity contribution in [1.82, 2.24) is 0 Å². The summed E-state index contributed by atoms with van der Waals surface area (Å²) in [7, 11) is 0. The summed E-state index contributed by atoms with van der Waals surface area (Å²) in [6.45, 7) is 6.41. The summed E-state index contributed by atoms with van der Waals surface area (Å²) in [4.78, 5) is 0. The Labute approximate surface area is 165 Å². The zero-order chi connectivity index (χ0) is 19.1. The van der Waals surface area contributed by atoms with Crippen LogP contribution >= 0.6 is 0 Å². The van der Waals surface area contributed by atoms with Gasteiger partial charge in [0, 0.05) is 0 Å². The van der Waals surface area contributed by atoms with Gasteiger partial charge in [-0.1, -0.05) is 57.2 Å². The lowest BCUT2D eigenvalue weighted by molar-refractivity contribution is 0.179. The van der Waals surface area contributed by atoms with E-state index >= 15 is 0 Å². The molecule has 2 saturated carbocycles. The first-order valence-electron chi connectivity index (χ1n) is 11.1. The molecule has 150 valence electrons. The Morgan fingerprint density at radius 3 is 2.04 bits per heavy atom. The van der Waals surface area contributed by atoms with E-state index < -0.39 is 0 Å². The van der Waals surface area contributed by atoms with Gasteiger partial charge in [-0.15, -0.1) is 0 Å². The molecule has 0 saturated heterocycles. The van der Waals surface area contributed by atoms with E-state index in [0.29, 0.717) is 5.92 Å². The molecular formula is C25H37FO. The molecule has 0 amide bonds. The van der Waals surface area contributed by atoms with Gasteiger partial charge in [0.25, 0.3) is 0 Å². The predicted molar refractivity (Wildman–Crippen MR) is 111 cm³/mol. The maximum absolute atomic E-state index is 14.2. The van der Waals surface area contributed by atoms with Crippen LogP contribution in [0.5, 0.6) is 0 Å². The molecule has 0 unspecified atom stereocenters. The summed E-state index contributed by atoms with van der Waals surface area (Å²) in [5, 5.41) is 0. The number of aryl methyl sites for hydroxylation is 1. The number of hydrogen-bond acceptors (Lipinski definition) is 1. The van der Waals surface area contributed by atoms with Gasteiger partial charge >= 0.3 is 0 Å². The van der Waals surface area contributed by atoms with Gasteiger partial charge in [-0.3, -0.25) is 0 Å². The third-order valence-corrected chi connectivity index (χ3v) is 7.15. The van der Waals surface area contributed by atoms with Crippen LogP contribution in [0.25, 0.3) is 0 Å². The SMILES string of the molecule is C=COCCC1CCC(CCC2CCC(c3ccc(C)cc3F)CC2)CC1. The van der Waals surface area contributed by atoms with E-state index in [2.05, 4.69) is 12.6 Å². The lowest BCUT2D eigenvalue weighted by Crippen LogP contribution is -2.18. The third-order valence-electron chi connectivity index (χ3n) is 7.15. The van der Waals surface area contributed by atoms with Gasteiger partial charge in [0.2, 0.25) is 0 Å². The average Bonchev–Trinajstić information content (AvgIpc) is 2.68. The van der Waals surface area contributed by atoms with Crippen LogP contribution in [-0.4, -0.2) is 6.61 Å². The zero-order valence-electron chi connectivity index (χ0n) is 17.1. The monoisotopic (exact) mass is 372 g/mol. The van der Waals surface area contributed by atoms with Crippen molar-refractivity contribution in [2.24, 2.45) is 17.8 Å². The Bertz CT molecular complexity index is 580. The molecule has 0 atom stereocenters. The smallest absolute Gasteiger partial charge is 0.126 e. The molecule has 0 radical (unpaired) electrons. The molecule has 2 fully saturated rings. The lowest BCUT2D eigenvalue weighted by Gasteiger charge is -2.32. The van der Waals surface area contributed by atoms with Crippen LogP contribution in [0.15, 0.2) is 31.0 Å². The van der Waals surface area contributed by atoms with Gasteiger partial charge in [0.1, 0.15) is 5.82 Å². The number of rotatable bonds is 8. The van der Waals surface area contributed by atoms with E-state index in [0.717, 1.165) is 35.5 Å².